The minimum Gasteiger partial charge on any atom is -0.441 e. The summed E-state index contributed by atoms with van der Waals surface area (Å²) < 4.78 is 5.45. The largest absolute Gasteiger partial charge is 0.441 e. The zero-order chi connectivity index (χ0) is 15.6. The first kappa shape index (κ1) is 15.3. The van der Waals surface area contributed by atoms with Crippen LogP contribution in [-0.2, 0) is 11.2 Å². The van der Waals surface area contributed by atoms with Gasteiger partial charge in [0.1, 0.15) is 5.60 Å². The lowest BCUT2D eigenvalue weighted by molar-refractivity contribution is 0.0439. The molecule has 22 heavy (non-hydrogen) atoms. The molecule has 3 heterocycles. The Morgan fingerprint density at radius 2 is 2.32 bits per heavy atom. The summed E-state index contributed by atoms with van der Waals surface area (Å²) in [6.07, 6.45) is 4.19. The van der Waals surface area contributed by atoms with Crippen LogP contribution in [0, 0.1) is 0 Å². The van der Waals surface area contributed by atoms with Crippen LogP contribution in [0.4, 0.5) is 4.79 Å². The Bertz CT molecular complexity index is 571. The van der Waals surface area contributed by atoms with Gasteiger partial charge in [0, 0.05) is 29.8 Å². The summed E-state index contributed by atoms with van der Waals surface area (Å²) in [5, 5.41) is 4.70. The van der Waals surface area contributed by atoms with Crippen molar-refractivity contribution < 1.29 is 14.3 Å². The average molecular weight is 322 g/mol. The van der Waals surface area contributed by atoms with Crippen LogP contribution in [-0.4, -0.2) is 42.1 Å². The van der Waals surface area contributed by atoms with Crippen LogP contribution in [0.5, 0.6) is 0 Å². The molecular formula is C16H22N2O3S. The number of likely N-dealkylation sites (tertiary alicyclic amines) is 1. The molecule has 1 atom stereocenters. The fraction of sp³-hybridized carbons (Fsp3) is 0.625. The molecule has 0 saturated carbocycles. The van der Waals surface area contributed by atoms with Gasteiger partial charge in [-0.25, -0.2) is 4.79 Å². The van der Waals surface area contributed by atoms with Crippen molar-refractivity contribution in [1.29, 1.82) is 0 Å². The van der Waals surface area contributed by atoms with Crippen molar-refractivity contribution in [3.63, 3.8) is 0 Å². The molecule has 0 radical (unpaired) electrons. The Balaban J connectivity index is 1.65. The van der Waals surface area contributed by atoms with Gasteiger partial charge in [-0.1, -0.05) is 13.3 Å². The first-order valence-corrected chi connectivity index (χ1v) is 8.83. The number of carbonyl (C=O) groups excluding carboxylic acids is 2. The number of thiophene rings is 1. The second-order valence-corrected chi connectivity index (χ2v) is 7.12. The Labute approximate surface area is 134 Å². The van der Waals surface area contributed by atoms with Crippen molar-refractivity contribution in [2.24, 2.45) is 0 Å². The van der Waals surface area contributed by atoms with Crippen molar-refractivity contribution >= 4 is 23.3 Å². The molecule has 0 aromatic carbocycles. The number of nitrogens with zero attached hydrogens (tertiary/aromatic N) is 1. The third-order valence-corrected chi connectivity index (χ3v) is 5.44. The summed E-state index contributed by atoms with van der Waals surface area (Å²) in [7, 11) is 0. The van der Waals surface area contributed by atoms with Gasteiger partial charge in [-0.3, -0.25) is 4.79 Å². The Morgan fingerprint density at radius 3 is 3.05 bits per heavy atom. The SMILES string of the molecule is CCCc1cc(C(=O)N2CCCC3(CC2)CNC(=O)O3)cs1. The number of hydrogen-bond donors (Lipinski definition) is 1. The zero-order valence-corrected chi connectivity index (χ0v) is 13.7. The normalized spacial score (nSPS) is 25.0. The van der Waals surface area contributed by atoms with Gasteiger partial charge in [0.05, 0.1) is 12.1 Å². The van der Waals surface area contributed by atoms with Gasteiger partial charge in [0.2, 0.25) is 0 Å². The minimum absolute atomic E-state index is 0.105. The van der Waals surface area contributed by atoms with Crippen molar-refractivity contribution in [3.8, 4) is 0 Å². The van der Waals surface area contributed by atoms with E-state index in [9.17, 15) is 9.59 Å². The lowest BCUT2D eigenvalue weighted by Crippen LogP contribution is -2.36. The molecule has 2 aliphatic rings. The molecular weight excluding hydrogens is 300 g/mol. The monoisotopic (exact) mass is 322 g/mol. The third-order valence-electron chi connectivity index (χ3n) is 4.45. The highest BCUT2D eigenvalue weighted by Gasteiger charge is 2.41. The molecule has 1 N–H and O–H groups in total. The zero-order valence-electron chi connectivity index (χ0n) is 12.9. The Morgan fingerprint density at radius 1 is 1.45 bits per heavy atom. The van der Waals surface area contributed by atoms with E-state index in [1.807, 2.05) is 16.3 Å². The smallest absolute Gasteiger partial charge is 0.407 e. The lowest BCUT2D eigenvalue weighted by atomic mass is 9.95. The van der Waals surface area contributed by atoms with Gasteiger partial charge in [-0.2, -0.15) is 0 Å². The topological polar surface area (TPSA) is 58.6 Å². The van der Waals surface area contributed by atoms with Gasteiger partial charge in [0.25, 0.3) is 5.91 Å². The van der Waals surface area contributed by atoms with Crippen LogP contribution in [0.3, 0.4) is 0 Å². The number of alkyl carbamates (subject to hydrolysis) is 1. The summed E-state index contributed by atoms with van der Waals surface area (Å²) in [6, 6.07) is 2.02. The first-order valence-electron chi connectivity index (χ1n) is 7.95. The van der Waals surface area contributed by atoms with E-state index >= 15 is 0 Å². The van der Waals surface area contributed by atoms with Crippen LogP contribution in [0.25, 0.3) is 0 Å². The highest BCUT2D eigenvalue weighted by molar-refractivity contribution is 7.10. The van der Waals surface area contributed by atoms with E-state index in [2.05, 4.69) is 12.2 Å². The van der Waals surface area contributed by atoms with Crippen LogP contribution >= 0.6 is 11.3 Å². The standard InChI is InChI=1S/C16H22N2O3S/c1-2-4-13-9-12(10-22-13)14(19)18-7-3-5-16(6-8-18)11-17-15(20)21-16/h9-10H,2-8,11H2,1H3,(H,17,20). The van der Waals surface area contributed by atoms with Gasteiger partial charge < -0.3 is 15.0 Å². The molecule has 0 bridgehead atoms. The van der Waals surface area contributed by atoms with E-state index < -0.39 is 5.60 Å². The number of aryl methyl sites for hydroxylation is 1. The quantitative estimate of drug-likeness (QED) is 0.931. The molecule has 2 amide bonds. The van der Waals surface area contributed by atoms with Crippen molar-refractivity contribution in [3.05, 3.63) is 21.9 Å². The van der Waals surface area contributed by atoms with Gasteiger partial charge >= 0.3 is 6.09 Å². The van der Waals surface area contributed by atoms with E-state index in [0.29, 0.717) is 19.5 Å². The fourth-order valence-corrected chi connectivity index (χ4v) is 4.17. The number of amides is 2. The van der Waals surface area contributed by atoms with E-state index in [-0.39, 0.29) is 12.0 Å². The maximum atomic E-state index is 12.6. The third kappa shape index (κ3) is 3.11. The molecule has 1 aromatic rings. The highest BCUT2D eigenvalue weighted by atomic mass is 32.1. The number of rotatable bonds is 3. The molecule has 0 aliphatic carbocycles. The number of nitrogens with one attached hydrogen (secondary N) is 1. The van der Waals surface area contributed by atoms with Gasteiger partial charge in [0.15, 0.2) is 0 Å². The van der Waals surface area contributed by atoms with Crippen LogP contribution in [0.1, 0.15) is 47.8 Å². The molecule has 2 saturated heterocycles. The van der Waals surface area contributed by atoms with Crippen molar-refractivity contribution in [2.45, 2.75) is 44.6 Å². The van der Waals surface area contributed by atoms with E-state index in [0.717, 1.165) is 37.8 Å². The van der Waals surface area contributed by atoms with Gasteiger partial charge in [-0.15, -0.1) is 11.3 Å². The fourth-order valence-electron chi connectivity index (χ4n) is 3.20. The summed E-state index contributed by atoms with van der Waals surface area (Å²) in [5.74, 6) is 0.105. The average Bonchev–Trinajstić information content (AvgIpc) is 3.04. The minimum atomic E-state index is -0.409. The molecule has 2 aliphatic heterocycles. The summed E-state index contributed by atoms with van der Waals surface area (Å²) >= 11 is 1.66. The second-order valence-electron chi connectivity index (χ2n) is 6.12. The van der Waals surface area contributed by atoms with Crippen LogP contribution in [0.15, 0.2) is 11.4 Å². The number of hydrogen-bond acceptors (Lipinski definition) is 4. The molecule has 1 spiro atoms. The predicted octanol–water partition coefficient (Wildman–Crippen LogP) is 2.81. The Kier molecular flexibility index (Phi) is 4.38. The van der Waals surface area contributed by atoms with Crippen LogP contribution in [0.2, 0.25) is 0 Å². The van der Waals surface area contributed by atoms with Crippen molar-refractivity contribution in [1.82, 2.24) is 10.2 Å². The maximum Gasteiger partial charge on any atom is 0.407 e. The Hall–Kier alpha value is -1.56. The van der Waals surface area contributed by atoms with E-state index in [1.54, 1.807) is 11.3 Å². The summed E-state index contributed by atoms with van der Waals surface area (Å²) in [4.78, 5) is 27.1. The molecule has 1 aromatic heterocycles. The molecule has 6 heteroatoms. The van der Waals surface area contributed by atoms with E-state index in [1.165, 1.54) is 4.88 Å². The number of ether oxygens (including phenoxy) is 1. The molecule has 120 valence electrons. The van der Waals surface area contributed by atoms with E-state index in [4.69, 9.17) is 4.74 Å². The van der Waals surface area contributed by atoms with Gasteiger partial charge in [-0.05, 0) is 25.3 Å². The van der Waals surface area contributed by atoms with Crippen molar-refractivity contribution in [2.75, 3.05) is 19.6 Å². The number of carbonyl (C=O) groups is 2. The molecule has 2 fully saturated rings. The summed E-state index contributed by atoms with van der Waals surface area (Å²) in [6.45, 7) is 4.09. The molecule has 1 unspecified atom stereocenters. The molecule has 5 nitrogen and oxygen atoms in total. The maximum absolute atomic E-state index is 12.6. The van der Waals surface area contributed by atoms with Crippen LogP contribution < -0.4 is 5.32 Å². The molecule has 3 rings (SSSR count). The summed E-state index contributed by atoms with van der Waals surface area (Å²) in [5.41, 5.74) is 0.389. The highest BCUT2D eigenvalue weighted by Crippen LogP contribution is 2.30. The lowest BCUT2D eigenvalue weighted by Gasteiger charge is -2.24. The second kappa shape index (κ2) is 6.28. The predicted molar refractivity (Wildman–Crippen MR) is 85.3 cm³/mol. The first-order chi connectivity index (χ1) is 10.6.